The molecule has 0 amide bonds. The van der Waals surface area contributed by atoms with Crippen LogP contribution in [0.25, 0.3) is 28.3 Å². The van der Waals surface area contributed by atoms with Gasteiger partial charge < -0.3 is 0 Å². The number of hydrogen-bond acceptors (Lipinski definition) is 0. The van der Waals surface area contributed by atoms with Gasteiger partial charge in [-0.15, -0.1) is 0 Å². The van der Waals surface area contributed by atoms with Crippen molar-refractivity contribution in [3.63, 3.8) is 0 Å². The molecule has 4 heteroatoms. The number of halogens is 2. The van der Waals surface area contributed by atoms with Crippen molar-refractivity contribution in [3.8, 4) is 22.3 Å². The van der Waals surface area contributed by atoms with Gasteiger partial charge in [0.25, 0.3) is 0 Å². The predicted molar refractivity (Wildman–Crippen MR) is 177 cm³/mol. The molecule has 0 nitrogen and oxygen atoms in total. The van der Waals surface area contributed by atoms with Gasteiger partial charge >= 0.3 is 256 Å². The summed E-state index contributed by atoms with van der Waals surface area (Å²) in [5, 5.41) is 3.01. The maximum absolute atomic E-state index is 7.86. The van der Waals surface area contributed by atoms with Gasteiger partial charge in [0, 0.05) is 0 Å². The Morgan fingerprint density at radius 1 is 0.825 bits per heavy atom. The molecule has 1 aliphatic heterocycles. The van der Waals surface area contributed by atoms with Gasteiger partial charge in [-0.25, -0.2) is 0 Å². The third kappa shape index (κ3) is 4.59. The molecule has 0 saturated heterocycles. The SMILES string of the molecule is CCC1=Cc2c(ccc(C(C)(C)C)c2-c2ccccc2C(C)C)[CH]1[Zr]([Cl])([Cl])[c]1cccc2c1[SiH2]c1ccccc1-2. The first kappa shape index (κ1) is 28.4. The summed E-state index contributed by atoms with van der Waals surface area (Å²) in [4.78, 5) is 0. The van der Waals surface area contributed by atoms with Gasteiger partial charge in [-0.05, 0) is 0 Å². The van der Waals surface area contributed by atoms with Crippen molar-refractivity contribution in [1.82, 2.24) is 0 Å². The Hall–Kier alpha value is -1.70. The Morgan fingerprint density at radius 2 is 1.50 bits per heavy atom. The summed E-state index contributed by atoms with van der Waals surface area (Å²) in [6.45, 7) is 13.9. The summed E-state index contributed by atoms with van der Waals surface area (Å²) in [5.74, 6) is 0.435. The minimum absolute atomic E-state index is 0.00663. The topological polar surface area (TPSA) is 0 Å². The number of hydrogen-bond donors (Lipinski definition) is 0. The van der Waals surface area contributed by atoms with E-state index >= 15 is 0 Å². The third-order valence-corrected chi connectivity index (χ3v) is 23.3. The molecule has 6 rings (SSSR count). The van der Waals surface area contributed by atoms with Crippen molar-refractivity contribution in [1.29, 1.82) is 0 Å². The maximum atomic E-state index is 7.86. The normalized spacial score (nSPS) is 16.7. The van der Waals surface area contributed by atoms with Gasteiger partial charge in [0.15, 0.2) is 0 Å². The molecular formula is C36H38Cl2SiZr. The molecule has 0 saturated carbocycles. The Bertz CT molecular complexity index is 1660. The molecule has 204 valence electrons. The van der Waals surface area contributed by atoms with Crippen LogP contribution in [-0.4, -0.2) is 9.52 Å². The monoisotopic (exact) mass is 658 g/mol. The van der Waals surface area contributed by atoms with Crippen molar-refractivity contribution in [2.45, 2.75) is 62.9 Å². The molecule has 0 spiro atoms. The molecule has 2 aliphatic rings. The quantitative estimate of drug-likeness (QED) is 0.166. The van der Waals surface area contributed by atoms with Crippen LogP contribution >= 0.6 is 17.0 Å². The van der Waals surface area contributed by atoms with Crippen LogP contribution in [0.5, 0.6) is 0 Å². The summed E-state index contributed by atoms with van der Waals surface area (Å²) in [7, 11) is 15.1. The average molecular weight is 661 g/mol. The Labute approximate surface area is 254 Å². The van der Waals surface area contributed by atoms with Crippen LogP contribution in [0, 0.1) is 0 Å². The molecule has 0 bridgehead atoms. The summed E-state index contributed by atoms with van der Waals surface area (Å²) >= 11 is -3.98. The second-order valence-electron chi connectivity index (χ2n) is 12.8. The molecule has 1 unspecified atom stereocenters. The number of fused-ring (bicyclic) bond motifs is 4. The van der Waals surface area contributed by atoms with Gasteiger partial charge in [0.05, 0.1) is 0 Å². The average Bonchev–Trinajstić information content (AvgIpc) is 3.50. The van der Waals surface area contributed by atoms with Gasteiger partial charge in [-0.3, -0.25) is 0 Å². The molecular weight excluding hydrogens is 623 g/mol. The molecule has 1 atom stereocenters. The first-order valence-electron chi connectivity index (χ1n) is 14.6. The van der Waals surface area contributed by atoms with Crippen LogP contribution < -0.4 is 13.6 Å². The van der Waals surface area contributed by atoms with Crippen molar-refractivity contribution in [2.75, 3.05) is 0 Å². The van der Waals surface area contributed by atoms with Crippen molar-refractivity contribution in [2.24, 2.45) is 0 Å². The zero-order valence-electron chi connectivity index (χ0n) is 24.4. The van der Waals surface area contributed by atoms with Crippen LogP contribution in [0.1, 0.15) is 79.8 Å². The third-order valence-electron chi connectivity index (χ3n) is 8.93. The zero-order valence-corrected chi connectivity index (χ0v) is 29.8. The molecule has 0 N–H and O–H groups in total. The second-order valence-corrected chi connectivity index (χ2v) is 28.6. The molecule has 40 heavy (non-hydrogen) atoms. The van der Waals surface area contributed by atoms with E-state index in [1.54, 1.807) is 0 Å². The second kappa shape index (κ2) is 10.5. The minimum atomic E-state index is -3.98. The van der Waals surface area contributed by atoms with E-state index in [0.29, 0.717) is 5.92 Å². The van der Waals surface area contributed by atoms with E-state index in [1.165, 1.54) is 63.7 Å². The molecule has 4 aromatic rings. The van der Waals surface area contributed by atoms with E-state index in [-0.39, 0.29) is 9.04 Å². The van der Waals surface area contributed by atoms with E-state index in [1.807, 2.05) is 0 Å². The standard InChI is InChI=1S/C24H29.C12H9Si.2ClH.Zr/c1-7-17-14-18-12-13-22(24(4,5)6)23(21(18)15-17)20-11-9-8-10-19(20)16(2)3;1-3-7-11-9(5-1)10-6-2-4-8-12(10)13-11;;;/h8-16H,7H2,1-6H3;1-7H,13H2;2*1H;/q;;;;+2/p-2. The number of allylic oxidation sites excluding steroid dienone is 1. The fraction of sp³-hybridized carbons (Fsp3) is 0.278. The van der Waals surface area contributed by atoms with Crippen molar-refractivity contribution < 1.29 is 17.9 Å². The Morgan fingerprint density at radius 3 is 2.20 bits per heavy atom. The summed E-state index contributed by atoms with van der Waals surface area (Å²) in [5.41, 5.74) is 12.4. The zero-order chi connectivity index (χ0) is 28.4. The van der Waals surface area contributed by atoms with Crippen LogP contribution in [-0.2, 0) is 23.3 Å². The fourth-order valence-corrected chi connectivity index (χ4v) is 24.0. The van der Waals surface area contributed by atoms with Gasteiger partial charge in [-0.2, -0.15) is 0 Å². The molecule has 1 aliphatic carbocycles. The van der Waals surface area contributed by atoms with Gasteiger partial charge in [-0.1, -0.05) is 0 Å². The van der Waals surface area contributed by atoms with E-state index in [0.717, 1.165) is 6.42 Å². The van der Waals surface area contributed by atoms with Crippen molar-refractivity contribution >= 4 is 46.3 Å². The van der Waals surface area contributed by atoms with Crippen LogP contribution in [0.4, 0.5) is 0 Å². The van der Waals surface area contributed by atoms with E-state index in [9.17, 15) is 0 Å². The molecule has 0 aromatic heterocycles. The first-order chi connectivity index (χ1) is 19.0. The summed E-state index contributed by atoms with van der Waals surface area (Å²) < 4.78 is 1.42. The first-order valence-corrected chi connectivity index (χ1v) is 25.0. The predicted octanol–water partition coefficient (Wildman–Crippen LogP) is 8.51. The van der Waals surface area contributed by atoms with Gasteiger partial charge in [0.1, 0.15) is 0 Å². The summed E-state index contributed by atoms with van der Waals surface area (Å²) in [6.07, 6.45) is 3.42. The van der Waals surface area contributed by atoms with E-state index in [4.69, 9.17) is 17.0 Å². The van der Waals surface area contributed by atoms with Crippen molar-refractivity contribution in [3.05, 3.63) is 107 Å². The van der Waals surface area contributed by atoms with E-state index in [2.05, 4.69) is 126 Å². The molecule has 4 aromatic carbocycles. The van der Waals surface area contributed by atoms with Crippen LogP contribution in [0.15, 0.2) is 84.4 Å². The van der Waals surface area contributed by atoms with Crippen LogP contribution in [0.2, 0.25) is 0 Å². The Balaban J connectivity index is 1.57. The van der Waals surface area contributed by atoms with E-state index < -0.39 is 27.4 Å². The fourth-order valence-electron chi connectivity index (χ4n) is 7.01. The molecule has 1 heterocycles. The van der Waals surface area contributed by atoms with Gasteiger partial charge in [0.2, 0.25) is 0 Å². The molecule has 0 fully saturated rings. The van der Waals surface area contributed by atoms with Crippen LogP contribution in [0.3, 0.4) is 0 Å². The Kier molecular flexibility index (Phi) is 7.49. The number of rotatable bonds is 5. The number of benzene rings is 4. The molecule has 0 radical (unpaired) electrons. The summed E-state index contributed by atoms with van der Waals surface area (Å²) in [6, 6.07) is 29.4.